The highest BCUT2D eigenvalue weighted by molar-refractivity contribution is 6.41. The van der Waals surface area contributed by atoms with Crippen LogP contribution in [-0.2, 0) is 9.53 Å². The first kappa shape index (κ1) is 13.3. The zero-order valence-electron chi connectivity index (χ0n) is 9.44. The summed E-state index contributed by atoms with van der Waals surface area (Å²) in [5.41, 5.74) is 3.51. The van der Waals surface area contributed by atoms with Crippen LogP contribution in [0.2, 0.25) is 5.02 Å². The third-order valence-corrected chi connectivity index (χ3v) is 2.04. The largest absolute Gasteiger partial charge is 0.461 e. The third kappa shape index (κ3) is 4.28. The quantitative estimate of drug-likeness (QED) is 0.498. The van der Waals surface area contributed by atoms with E-state index in [-0.39, 0.29) is 5.71 Å². The van der Waals surface area contributed by atoms with Crippen molar-refractivity contribution in [2.45, 2.75) is 6.92 Å². The van der Waals surface area contributed by atoms with Gasteiger partial charge >= 0.3 is 5.97 Å². The maximum atomic E-state index is 11.4. The molecule has 0 aromatic heterocycles. The fourth-order valence-electron chi connectivity index (χ4n) is 1.06. The second-order valence-corrected chi connectivity index (χ2v) is 3.48. The highest BCUT2D eigenvalue weighted by atomic mass is 35.5. The topological polar surface area (TPSA) is 50.7 Å². The Morgan fingerprint density at radius 2 is 2.41 bits per heavy atom. The Balaban J connectivity index is 2.74. The molecule has 1 aromatic carbocycles. The number of rotatable bonds is 5. The van der Waals surface area contributed by atoms with Crippen LogP contribution in [0.15, 0.2) is 42.0 Å². The summed E-state index contributed by atoms with van der Waals surface area (Å²) >= 11 is 5.81. The number of nitrogens with zero attached hydrogens (tertiary/aromatic N) is 1. The lowest BCUT2D eigenvalue weighted by Crippen LogP contribution is -2.16. The molecule has 5 heteroatoms. The van der Waals surface area contributed by atoms with Crippen molar-refractivity contribution < 1.29 is 9.53 Å². The zero-order valence-corrected chi connectivity index (χ0v) is 10.2. The van der Waals surface area contributed by atoms with E-state index in [1.807, 2.05) is 0 Å². The molecule has 17 heavy (non-hydrogen) atoms. The van der Waals surface area contributed by atoms with Gasteiger partial charge in [0.2, 0.25) is 0 Å². The van der Waals surface area contributed by atoms with Crippen molar-refractivity contribution in [3.63, 3.8) is 0 Å². The molecule has 0 radical (unpaired) electrons. The van der Waals surface area contributed by atoms with Crippen molar-refractivity contribution in [3.05, 3.63) is 41.9 Å². The molecule has 1 rings (SSSR count). The Bertz CT molecular complexity index is 444. The number of benzene rings is 1. The van der Waals surface area contributed by atoms with Crippen LogP contribution in [0.25, 0.3) is 0 Å². The normalized spacial score (nSPS) is 10.8. The molecule has 0 atom stereocenters. The van der Waals surface area contributed by atoms with E-state index in [2.05, 4.69) is 17.1 Å². The Hall–Kier alpha value is -1.81. The van der Waals surface area contributed by atoms with Gasteiger partial charge in [0.1, 0.15) is 0 Å². The van der Waals surface area contributed by atoms with Crippen LogP contribution in [0.4, 0.5) is 5.69 Å². The fourth-order valence-corrected chi connectivity index (χ4v) is 1.25. The van der Waals surface area contributed by atoms with Crippen LogP contribution in [0.1, 0.15) is 6.92 Å². The van der Waals surface area contributed by atoms with Gasteiger partial charge in [-0.05, 0) is 31.2 Å². The Labute approximate surface area is 105 Å². The summed E-state index contributed by atoms with van der Waals surface area (Å²) in [5.74, 6) is -0.517. The van der Waals surface area contributed by atoms with E-state index < -0.39 is 5.97 Å². The molecule has 0 aliphatic rings. The van der Waals surface area contributed by atoms with Gasteiger partial charge in [-0.1, -0.05) is 24.2 Å². The van der Waals surface area contributed by atoms with E-state index in [4.69, 9.17) is 16.3 Å². The minimum absolute atomic E-state index is 0.117. The van der Waals surface area contributed by atoms with Gasteiger partial charge in [0.25, 0.3) is 0 Å². The highest BCUT2D eigenvalue weighted by Crippen LogP contribution is 2.14. The summed E-state index contributed by atoms with van der Waals surface area (Å²) < 4.78 is 4.80. The molecule has 90 valence electrons. The number of hydrazone groups is 1. The van der Waals surface area contributed by atoms with Gasteiger partial charge in [-0.3, -0.25) is 5.43 Å². The molecular weight excluding hydrogens is 240 g/mol. The lowest BCUT2D eigenvalue weighted by atomic mass is 10.3. The molecule has 0 amide bonds. The highest BCUT2D eigenvalue weighted by Gasteiger charge is 2.08. The average molecular weight is 253 g/mol. The average Bonchev–Trinajstić information content (AvgIpc) is 2.30. The molecule has 0 unspecified atom stereocenters. The van der Waals surface area contributed by atoms with E-state index in [0.717, 1.165) is 0 Å². The minimum Gasteiger partial charge on any atom is -0.461 e. The van der Waals surface area contributed by atoms with Crippen molar-refractivity contribution in [2.75, 3.05) is 12.0 Å². The summed E-state index contributed by atoms with van der Waals surface area (Å²) in [6.45, 7) is 5.52. The Morgan fingerprint density at radius 1 is 1.65 bits per heavy atom. The van der Waals surface area contributed by atoms with Crippen molar-refractivity contribution in [3.8, 4) is 0 Å². The number of hydrogen-bond donors (Lipinski definition) is 1. The number of anilines is 1. The van der Waals surface area contributed by atoms with Gasteiger partial charge in [0.15, 0.2) is 5.71 Å². The van der Waals surface area contributed by atoms with Crippen LogP contribution >= 0.6 is 11.6 Å². The van der Waals surface area contributed by atoms with Gasteiger partial charge in [-0.2, -0.15) is 5.10 Å². The summed E-state index contributed by atoms with van der Waals surface area (Å²) in [6.07, 6.45) is 1.33. The number of carbonyl (C=O) groups excluding carboxylic acids is 1. The maximum Gasteiger partial charge on any atom is 0.358 e. The molecule has 0 aliphatic heterocycles. The molecule has 0 saturated heterocycles. The Morgan fingerprint density at radius 3 is 3.00 bits per heavy atom. The lowest BCUT2D eigenvalue weighted by Gasteiger charge is -2.03. The van der Waals surface area contributed by atoms with Crippen molar-refractivity contribution in [1.82, 2.24) is 0 Å². The molecular formula is C12H13ClN2O2. The van der Waals surface area contributed by atoms with Crippen LogP contribution in [0.3, 0.4) is 0 Å². The number of hydrogen-bond acceptors (Lipinski definition) is 4. The molecule has 0 spiro atoms. The molecule has 0 saturated carbocycles. The van der Waals surface area contributed by atoms with Gasteiger partial charge in [-0.15, -0.1) is 0 Å². The van der Waals surface area contributed by atoms with E-state index in [1.54, 1.807) is 31.2 Å². The molecule has 0 fully saturated rings. The molecule has 1 N–H and O–H groups in total. The van der Waals surface area contributed by atoms with Gasteiger partial charge < -0.3 is 4.74 Å². The van der Waals surface area contributed by atoms with Gasteiger partial charge in [0, 0.05) is 5.02 Å². The second kappa shape index (κ2) is 6.70. The predicted molar refractivity (Wildman–Crippen MR) is 69.3 cm³/mol. The van der Waals surface area contributed by atoms with Crippen molar-refractivity contribution >= 4 is 29.0 Å². The molecule has 0 bridgehead atoms. The first-order valence-corrected chi connectivity index (χ1v) is 5.44. The SMILES string of the molecule is C=C/C(=N\Nc1cccc(Cl)c1)C(=O)OCC. The van der Waals surface area contributed by atoms with Gasteiger partial charge in [-0.25, -0.2) is 4.79 Å². The van der Waals surface area contributed by atoms with Crippen molar-refractivity contribution in [1.29, 1.82) is 0 Å². The summed E-state index contributed by atoms with van der Waals surface area (Å²) in [5, 5.41) is 4.47. The molecule has 1 aromatic rings. The van der Waals surface area contributed by atoms with E-state index in [9.17, 15) is 4.79 Å². The minimum atomic E-state index is -0.517. The van der Waals surface area contributed by atoms with Crippen LogP contribution in [-0.4, -0.2) is 18.3 Å². The standard InChI is InChI=1S/C12H13ClN2O2/c1-3-11(12(16)17-4-2)15-14-10-7-5-6-9(13)8-10/h3,5-8,14H,1,4H2,2H3/b15-11+. The molecule has 0 heterocycles. The number of nitrogens with one attached hydrogen (secondary N) is 1. The first-order chi connectivity index (χ1) is 8.17. The smallest absolute Gasteiger partial charge is 0.358 e. The summed E-state index contributed by atoms with van der Waals surface area (Å²) in [4.78, 5) is 11.4. The van der Waals surface area contributed by atoms with E-state index in [1.165, 1.54) is 6.08 Å². The van der Waals surface area contributed by atoms with Crippen LogP contribution in [0.5, 0.6) is 0 Å². The third-order valence-electron chi connectivity index (χ3n) is 1.81. The van der Waals surface area contributed by atoms with Crippen LogP contribution in [0, 0.1) is 0 Å². The first-order valence-electron chi connectivity index (χ1n) is 5.06. The number of ether oxygens (including phenoxy) is 1. The maximum absolute atomic E-state index is 11.4. The molecule has 0 aliphatic carbocycles. The lowest BCUT2D eigenvalue weighted by molar-refractivity contribution is -0.134. The van der Waals surface area contributed by atoms with E-state index in [0.29, 0.717) is 17.3 Å². The zero-order chi connectivity index (χ0) is 12.7. The summed E-state index contributed by atoms with van der Waals surface area (Å²) in [7, 11) is 0. The Kier molecular flexibility index (Phi) is 5.23. The molecule has 4 nitrogen and oxygen atoms in total. The van der Waals surface area contributed by atoms with Crippen molar-refractivity contribution in [2.24, 2.45) is 5.10 Å². The fraction of sp³-hybridized carbons (Fsp3) is 0.167. The monoisotopic (exact) mass is 252 g/mol. The number of halogens is 1. The van der Waals surface area contributed by atoms with Gasteiger partial charge in [0.05, 0.1) is 12.3 Å². The number of esters is 1. The number of carbonyl (C=O) groups is 1. The van der Waals surface area contributed by atoms with E-state index >= 15 is 0 Å². The summed E-state index contributed by atoms with van der Waals surface area (Å²) in [6, 6.07) is 6.99. The van der Waals surface area contributed by atoms with Crippen LogP contribution < -0.4 is 5.43 Å². The second-order valence-electron chi connectivity index (χ2n) is 3.04. The predicted octanol–water partition coefficient (Wildman–Crippen LogP) is 2.86.